The first-order valence-electron chi connectivity index (χ1n) is 5.45. The first-order valence-corrected chi connectivity index (χ1v) is 6.27. The highest BCUT2D eigenvalue weighted by Crippen LogP contribution is 2.31. The summed E-state index contributed by atoms with van der Waals surface area (Å²) in [5.74, 6) is 0.906. The van der Waals surface area contributed by atoms with Gasteiger partial charge in [-0.05, 0) is 38.0 Å². The van der Waals surface area contributed by atoms with Crippen LogP contribution in [0, 0.1) is 0 Å². The van der Waals surface area contributed by atoms with Gasteiger partial charge in [0.15, 0.2) is 5.13 Å². The fourth-order valence-electron chi connectivity index (χ4n) is 1.70. The normalized spacial score (nSPS) is 11.2. The lowest BCUT2D eigenvalue weighted by atomic mass is 10.1. The molecule has 4 heteroatoms. The van der Waals surface area contributed by atoms with Crippen LogP contribution in [0.5, 0.6) is 5.75 Å². The van der Waals surface area contributed by atoms with E-state index in [2.05, 4.69) is 18.0 Å². The highest BCUT2D eigenvalue weighted by atomic mass is 32.1. The number of anilines is 1. The van der Waals surface area contributed by atoms with Gasteiger partial charge in [0.1, 0.15) is 5.75 Å². The van der Waals surface area contributed by atoms with Crippen LogP contribution >= 0.6 is 11.3 Å². The van der Waals surface area contributed by atoms with Crippen molar-refractivity contribution in [2.75, 3.05) is 5.73 Å². The van der Waals surface area contributed by atoms with E-state index in [4.69, 9.17) is 10.5 Å². The van der Waals surface area contributed by atoms with Gasteiger partial charge in [0, 0.05) is 0 Å². The van der Waals surface area contributed by atoms with Gasteiger partial charge in [-0.3, -0.25) is 0 Å². The molecule has 2 rings (SSSR count). The molecule has 0 saturated heterocycles. The number of ether oxygens (including phenoxy) is 1. The fraction of sp³-hybridized carbons (Fsp3) is 0.417. The Bertz CT molecular complexity index is 505. The third-order valence-corrected chi connectivity index (χ3v) is 3.15. The lowest BCUT2D eigenvalue weighted by Gasteiger charge is -2.10. The molecule has 0 radical (unpaired) electrons. The maximum Gasteiger partial charge on any atom is 0.181 e. The number of rotatable bonds is 3. The number of nitrogens with zero attached hydrogens (tertiary/aromatic N) is 1. The fourth-order valence-corrected chi connectivity index (χ4v) is 2.51. The zero-order chi connectivity index (χ0) is 11.7. The summed E-state index contributed by atoms with van der Waals surface area (Å²) in [5, 5.41) is 0.617. The second-order valence-corrected chi connectivity index (χ2v) is 5.06. The average molecular weight is 236 g/mol. The molecule has 0 fully saturated rings. The van der Waals surface area contributed by atoms with Crippen molar-refractivity contribution in [1.82, 2.24) is 4.98 Å². The first kappa shape index (κ1) is 11.2. The Hall–Kier alpha value is -1.29. The van der Waals surface area contributed by atoms with Gasteiger partial charge in [0.05, 0.1) is 16.3 Å². The third kappa shape index (κ3) is 2.11. The molecule has 16 heavy (non-hydrogen) atoms. The molecule has 1 aromatic carbocycles. The van der Waals surface area contributed by atoms with E-state index in [9.17, 15) is 0 Å². The van der Waals surface area contributed by atoms with Crippen LogP contribution in [0.25, 0.3) is 10.2 Å². The minimum absolute atomic E-state index is 0.187. The topological polar surface area (TPSA) is 48.1 Å². The van der Waals surface area contributed by atoms with Crippen LogP contribution in [0.3, 0.4) is 0 Å². The summed E-state index contributed by atoms with van der Waals surface area (Å²) in [5.41, 5.74) is 7.94. The van der Waals surface area contributed by atoms with E-state index in [-0.39, 0.29) is 6.10 Å². The summed E-state index contributed by atoms with van der Waals surface area (Å²) in [4.78, 5) is 4.34. The molecule has 2 N–H and O–H groups in total. The standard InChI is InChI=1S/C12H16N2OS/c1-4-8-5-9(15-7(2)3)6-10-11(8)14-12(13)16-10/h5-7H,4H2,1-3H3,(H2,13,14). The molecule has 0 atom stereocenters. The summed E-state index contributed by atoms with van der Waals surface area (Å²) in [6.07, 6.45) is 1.13. The molecule has 0 aliphatic rings. The van der Waals surface area contributed by atoms with Crippen LogP contribution in [-0.2, 0) is 6.42 Å². The number of hydrogen-bond donors (Lipinski definition) is 1. The van der Waals surface area contributed by atoms with Crippen molar-refractivity contribution in [3.8, 4) is 5.75 Å². The molecule has 0 unspecified atom stereocenters. The van der Waals surface area contributed by atoms with E-state index in [0.717, 1.165) is 22.4 Å². The maximum atomic E-state index is 5.73. The summed E-state index contributed by atoms with van der Waals surface area (Å²) < 4.78 is 6.82. The molecule has 0 saturated carbocycles. The highest BCUT2D eigenvalue weighted by Gasteiger charge is 2.09. The second kappa shape index (κ2) is 4.29. The molecule has 0 aliphatic carbocycles. The minimum atomic E-state index is 0.187. The Kier molecular flexibility index (Phi) is 3.01. The van der Waals surface area contributed by atoms with Gasteiger partial charge >= 0.3 is 0 Å². The van der Waals surface area contributed by atoms with Crippen LogP contribution in [0.2, 0.25) is 0 Å². The van der Waals surface area contributed by atoms with Crippen molar-refractivity contribution in [3.63, 3.8) is 0 Å². The number of hydrogen-bond acceptors (Lipinski definition) is 4. The highest BCUT2D eigenvalue weighted by molar-refractivity contribution is 7.22. The van der Waals surface area contributed by atoms with Crippen LogP contribution in [0.1, 0.15) is 26.3 Å². The molecule has 0 amide bonds. The van der Waals surface area contributed by atoms with Gasteiger partial charge in [-0.1, -0.05) is 18.3 Å². The smallest absolute Gasteiger partial charge is 0.181 e. The first-order chi connectivity index (χ1) is 7.60. The molecule has 0 spiro atoms. The van der Waals surface area contributed by atoms with Crippen molar-refractivity contribution < 1.29 is 4.74 Å². The molecule has 0 bridgehead atoms. The Balaban J connectivity index is 2.53. The summed E-state index contributed by atoms with van der Waals surface area (Å²) in [7, 11) is 0. The van der Waals surface area contributed by atoms with E-state index >= 15 is 0 Å². The summed E-state index contributed by atoms with van der Waals surface area (Å²) in [6, 6.07) is 4.07. The lowest BCUT2D eigenvalue weighted by Crippen LogP contribution is -2.05. The van der Waals surface area contributed by atoms with Crippen molar-refractivity contribution in [2.24, 2.45) is 0 Å². The van der Waals surface area contributed by atoms with E-state index in [1.54, 1.807) is 0 Å². The predicted molar refractivity (Wildman–Crippen MR) is 69.2 cm³/mol. The third-order valence-electron chi connectivity index (χ3n) is 2.32. The van der Waals surface area contributed by atoms with Gasteiger partial charge in [0.25, 0.3) is 0 Å². The molecule has 3 nitrogen and oxygen atoms in total. The van der Waals surface area contributed by atoms with Crippen molar-refractivity contribution in [3.05, 3.63) is 17.7 Å². The Morgan fingerprint density at radius 3 is 2.81 bits per heavy atom. The number of fused-ring (bicyclic) bond motifs is 1. The van der Waals surface area contributed by atoms with Crippen molar-refractivity contribution in [1.29, 1.82) is 0 Å². The minimum Gasteiger partial charge on any atom is -0.491 e. The Labute approximate surface area is 99.3 Å². The number of nitrogens with two attached hydrogens (primary N) is 1. The zero-order valence-electron chi connectivity index (χ0n) is 9.78. The van der Waals surface area contributed by atoms with Crippen LogP contribution < -0.4 is 10.5 Å². The zero-order valence-corrected chi connectivity index (χ0v) is 10.6. The molecule has 2 aromatic rings. The number of benzene rings is 1. The van der Waals surface area contributed by atoms with E-state index in [1.807, 2.05) is 19.9 Å². The molecule has 86 valence electrons. The van der Waals surface area contributed by atoms with Gasteiger partial charge in [-0.15, -0.1) is 0 Å². The number of aryl methyl sites for hydroxylation is 1. The number of nitrogen functional groups attached to an aromatic ring is 1. The van der Waals surface area contributed by atoms with Gasteiger partial charge < -0.3 is 10.5 Å². The lowest BCUT2D eigenvalue weighted by molar-refractivity contribution is 0.242. The van der Waals surface area contributed by atoms with Gasteiger partial charge in [-0.25, -0.2) is 4.98 Å². The predicted octanol–water partition coefficient (Wildman–Crippen LogP) is 3.23. The van der Waals surface area contributed by atoms with Crippen LogP contribution in [-0.4, -0.2) is 11.1 Å². The summed E-state index contributed by atoms with van der Waals surface area (Å²) in [6.45, 7) is 6.16. The molecular formula is C12H16N2OS. The molecular weight excluding hydrogens is 220 g/mol. The van der Waals surface area contributed by atoms with Gasteiger partial charge in [0.2, 0.25) is 0 Å². The quantitative estimate of drug-likeness (QED) is 0.890. The number of thiazole rings is 1. The largest absolute Gasteiger partial charge is 0.491 e. The second-order valence-electron chi connectivity index (χ2n) is 4.00. The van der Waals surface area contributed by atoms with E-state index in [0.29, 0.717) is 5.13 Å². The van der Waals surface area contributed by atoms with Crippen LogP contribution in [0.15, 0.2) is 12.1 Å². The summed E-state index contributed by atoms with van der Waals surface area (Å²) >= 11 is 1.51. The van der Waals surface area contributed by atoms with Crippen molar-refractivity contribution in [2.45, 2.75) is 33.3 Å². The molecule has 1 aromatic heterocycles. The SMILES string of the molecule is CCc1cc(OC(C)C)cc2sc(N)nc12. The van der Waals surface area contributed by atoms with Crippen LogP contribution in [0.4, 0.5) is 5.13 Å². The number of aromatic nitrogens is 1. The van der Waals surface area contributed by atoms with Crippen molar-refractivity contribution >= 4 is 26.7 Å². The monoisotopic (exact) mass is 236 g/mol. The van der Waals surface area contributed by atoms with Gasteiger partial charge in [-0.2, -0.15) is 0 Å². The maximum absolute atomic E-state index is 5.73. The Morgan fingerprint density at radius 2 is 2.19 bits per heavy atom. The average Bonchev–Trinajstić information content (AvgIpc) is 2.56. The Morgan fingerprint density at radius 1 is 1.44 bits per heavy atom. The molecule has 0 aliphatic heterocycles. The molecule has 1 heterocycles. The van der Waals surface area contributed by atoms with E-state index in [1.165, 1.54) is 16.9 Å². The van der Waals surface area contributed by atoms with E-state index < -0.39 is 0 Å².